The molecule has 1 unspecified atom stereocenters. The maximum Gasteiger partial charge on any atom is 0.306 e. The van der Waals surface area contributed by atoms with Crippen LogP contribution in [-0.2, 0) is 34.6 Å². The van der Waals surface area contributed by atoms with E-state index in [2.05, 4.69) is 5.32 Å². The van der Waals surface area contributed by atoms with Crippen molar-refractivity contribution in [3.05, 3.63) is 76.2 Å². The topological polar surface area (TPSA) is 166 Å². The van der Waals surface area contributed by atoms with Gasteiger partial charge in [-0.05, 0) is 89.0 Å². The molecule has 0 bridgehead atoms. The zero-order valence-electron chi connectivity index (χ0n) is 36.6. The zero-order valence-corrected chi connectivity index (χ0v) is 39.1. The lowest BCUT2D eigenvalue weighted by atomic mass is 9.97. The Bertz CT molecular complexity index is 2500. The van der Waals surface area contributed by atoms with E-state index in [0.29, 0.717) is 45.3 Å². The Kier molecular flexibility index (Phi) is 14.3. The average Bonchev–Trinajstić information content (AvgIpc) is 3.68. The molecule has 2 aliphatic carbocycles. The van der Waals surface area contributed by atoms with Crippen LogP contribution >= 0.6 is 30.3 Å². The third-order valence-electron chi connectivity index (χ3n) is 13.0. The molecular weight excluding hydrogens is 901 g/mol. The van der Waals surface area contributed by atoms with Gasteiger partial charge in [0.15, 0.2) is 10.9 Å². The van der Waals surface area contributed by atoms with Gasteiger partial charge in [-0.15, -0.1) is 11.3 Å². The molecule has 3 fully saturated rings. The number of allylic oxidation sites excluding steroid dienone is 1. The largest absolute Gasteiger partial charge is 0.495 e. The van der Waals surface area contributed by atoms with Gasteiger partial charge >= 0.3 is 5.97 Å². The van der Waals surface area contributed by atoms with Crippen molar-refractivity contribution in [3.8, 4) is 22.9 Å². The second-order valence-electron chi connectivity index (χ2n) is 17.9. The summed E-state index contributed by atoms with van der Waals surface area (Å²) in [7, 11) is -3.01. The normalized spacial score (nSPS) is 25.6. The molecule has 13 nitrogen and oxygen atoms in total. The number of rotatable bonds is 12. The summed E-state index contributed by atoms with van der Waals surface area (Å²) in [6.45, 7) is 4.33. The van der Waals surface area contributed by atoms with Gasteiger partial charge in [0.05, 0.1) is 61.2 Å². The summed E-state index contributed by atoms with van der Waals surface area (Å²) in [5.74, 6) is -4.00. The summed E-state index contributed by atoms with van der Waals surface area (Å²) < 4.78 is 68.4. The SMILES string of the molecule is COc1ccc2c(O[C@@H]3C[C@H]4C(=O)C[C@]5(P(=O)(O)Cc6c(F)cccc6F)C[C@@H]5CCOC/C=C/C[C@H](CC(=O)OC5CCCC5)C(=O)N4C3)cc(-c3csc(NC(C)C)n3)nc2c1Cl. The van der Waals surface area contributed by atoms with E-state index >= 15 is 0 Å². The number of carbonyl (C=O) groups is 3. The zero-order chi connectivity index (χ0) is 46.0. The fourth-order valence-corrected chi connectivity index (χ4v) is 13.3. The van der Waals surface area contributed by atoms with Gasteiger partial charge in [-0.2, -0.15) is 0 Å². The van der Waals surface area contributed by atoms with Gasteiger partial charge in [0, 0.05) is 47.9 Å². The minimum atomic E-state index is -4.51. The summed E-state index contributed by atoms with van der Waals surface area (Å²) in [6.07, 6.45) is 5.15. The van der Waals surface area contributed by atoms with Gasteiger partial charge in [0.2, 0.25) is 13.3 Å². The van der Waals surface area contributed by atoms with Crippen molar-refractivity contribution in [3.63, 3.8) is 0 Å². The number of pyridine rings is 1. The van der Waals surface area contributed by atoms with E-state index in [4.69, 9.17) is 40.5 Å². The molecule has 2 aromatic heterocycles. The Morgan fingerprint density at radius 3 is 2.58 bits per heavy atom. The lowest BCUT2D eigenvalue weighted by Gasteiger charge is -2.30. The van der Waals surface area contributed by atoms with Crippen LogP contribution in [0.15, 0.2) is 53.9 Å². The number of hydrogen-bond donors (Lipinski definition) is 2. The number of thiazole rings is 1. The number of fused-ring (bicyclic) bond motifs is 3. The Balaban J connectivity index is 1.15. The second kappa shape index (κ2) is 19.8. The summed E-state index contributed by atoms with van der Waals surface area (Å²) in [5, 5.41) is 5.13. The van der Waals surface area contributed by atoms with E-state index in [-0.39, 0.29) is 62.6 Å². The molecule has 1 saturated heterocycles. The third-order valence-corrected chi connectivity index (χ3v) is 17.0. The van der Waals surface area contributed by atoms with Crippen molar-refractivity contribution in [1.29, 1.82) is 0 Å². The van der Waals surface area contributed by atoms with Crippen LogP contribution in [0.25, 0.3) is 22.3 Å². The van der Waals surface area contributed by atoms with Crippen LogP contribution in [0.3, 0.4) is 0 Å². The fourth-order valence-electron chi connectivity index (χ4n) is 9.55. The highest BCUT2D eigenvalue weighted by Gasteiger charge is 2.66. The van der Waals surface area contributed by atoms with Crippen LogP contribution in [0.5, 0.6) is 11.5 Å². The number of halogens is 3. The van der Waals surface area contributed by atoms with Crippen LogP contribution in [-0.4, -0.2) is 93.7 Å². The third kappa shape index (κ3) is 10.3. The number of esters is 1. The number of ketones is 1. The maximum atomic E-state index is 15.0. The number of Topliss-reactive ketones (excluding diaryl/α,β-unsaturated/α-hetero) is 1. The van der Waals surface area contributed by atoms with Crippen LogP contribution in [0.2, 0.25) is 5.02 Å². The number of benzene rings is 2. The molecule has 18 heteroatoms. The van der Waals surface area contributed by atoms with Crippen LogP contribution in [0.4, 0.5) is 13.9 Å². The van der Waals surface area contributed by atoms with Gasteiger partial charge in [0.25, 0.3) is 0 Å². The van der Waals surface area contributed by atoms with Crippen LogP contribution in [0, 0.1) is 23.5 Å². The minimum Gasteiger partial charge on any atom is -0.495 e. The van der Waals surface area contributed by atoms with Gasteiger partial charge in [0.1, 0.15) is 46.1 Å². The highest BCUT2D eigenvalue weighted by Crippen LogP contribution is 2.74. The molecule has 8 rings (SSSR count). The van der Waals surface area contributed by atoms with E-state index in [9.17, 15) is 32.6 Å². The van der Waals surface area contributed by atoms with E-state index in [0.717, 1.165) is 37.8 Å². The smallest absolute Gasteiger partial charge is 0.306 e. The number of aromatic nitrogens is 2. The highest BCUT2D eigenvalue weighted by atomic mass is 35.5. The predicted molar refractivity (Wildman–Crippen MR) is 244 cm³/mol. The van der Waals surface area contributed by atoms with Crippen LogP contribution in [0.1, 0.15) is 83.6 Å². The summed E-state index contributed by atoms with van der Waals surface area (Å²) in [4.78, 5) is 66.2. The van der Waals surface area contributed by atoms with Gasteiger partial charge in [-0.25, -0.2) is 18.7 Å². The molecule has 2 saturated carbocycles. The van der Waals surface area contributed by atoms with Gasteiger partial charge in [-0.3, -0.25) is 18.9 Å². The predicted octanol–water partition coefficient (Wildman–Crippen LogP) is 9.51. The lowest BCUT2D eigenvalue weighted by Crippen LogP contribution is -2.45. The van der Waals surface area contributed by atoms with Gasteiger partial charge < -0.3 is 34.1 Å². The molecule has 0 radical (unpaired) electrons. The number of nitrogens with one attached hydrogen (secondary N) is 1. The highest BCUT2D eigenvalue weighted by molar-refractivity contribution is 7.59. The standard InChI is InChI=1S/C47H54ClF2N4O9PS/c1-27(2)51-46-53-37(26-65-46)36-21-41(32-14-15-40(60-3)43(48)44(32)52-36)62-31-20-38-39(55)23-47(64(58,59)25-33-34(49)12-8-13-35(33)50)22-29(47)16-18-61-17-7-6-9-28(45(57)54(38)24-31)19-42(56)63-30-10-4-5-11-30/h6-8,12-15,21,26-31,38H,4-5,9-11,16-20,22-25H2,1-3H3,(H,51,53)(H,58,59)/b7-6+/t28-,29+,31-,38+,47-/m1/s1. The van der Waals surface area contributed by atoms with E-state index in [1.54, 1.807) is 30.4 Å². The Morgan fingerprint density at radius 1 is 1.08 bits per heavy atom. The number of anilines is 1. The monoisotopic (exact) mass is 954 g/mol. The molecule has 0 spiro atoms. The Morgan fingerprint density at radius 2 is 1.85 bits per heavy atom. The van der Waals surface area contributed by atoms with Crippen molar-refractivity contribution >= 4 is 64.0 Å². The first kappa shape index (κ1) is 47.0. The number of ether oxygens (including phenoxy) is 4. The summed E-state index contributed by atoms with van der Waals surface area (Å²) >= 11 is 8.28. The van der Waals surface area contributed by atoms with Crippen molar-refractivity contribution in [2.45, 2.75) is 114 Å². The maximum absolute atomic E-state index is 15.0. The van der Waals surface area contributed by atoms with Crippen molar-refractivity contribution in [1.82, 2.24) is 14.9 Å². The molecule has 1 amide bonds. The number of carbonyl (C=O) groups excluding carboxylic acids is 3. The number of amides is 1. The lowest BCUT2D eigenvalue weighted by molar-refractivity contribution is -0.153. The van der Waals surface area contributed by atoms with Crippen molar-refractivity contribution < 1.29 is 51.6 Å². The molecule has 2 aromatic carbocycles. The van der Waals surface area contributed by atoms with E-state index in [1.165, 1.54) is 29.4 Å². The Labute approximate surface area is 385 Å². The fraction of sp³-hybridized carbons (Fsp3) is 0.511. The minimum absolute atomic E-state index is 0.00335. The average molecular weight is 955 g/mol. The number of methoxy groups -OCH3 is 1. The van der Waals surface area contributed by atoms with Crippen LogP contribution < -0.4 is 14.8 Å². The van der Waals surface area contributed by atoms with Crippen molar-refractivity contribution in [2.75, 3.05) is 32.2 Å². The van der Waals surface area contributed by atoms with E-state index < -0.39 is 83.9 Å². The molecule has 4 aliphatic rings. The first-order valence-electron chi connectivity index (χ1n) is 22.2. The van der Waals surface area contributed by atoms with Gasteiger partial charge in [-0.1, -0.05) is 29.8 Å². The molecular formula is C47H54ClF2N4O9PS. The Hall–Kier alpha value is -4.47. The number of hydrogen-bond acceptors (Lipinski definition) is 12. The first-order chi connectivity index (χ1) is 31.2. The summed E-state index contributed by atoms with van der Waals surface area (Å²) in [6, 6.07) is 7.44. The second-order valence-corrected chi connectivity index (χ2v) is 21.7. The van der Waals surface area contributed by atoms with E-state index in [1.807, 2.05) is 19.2 Å². The first-order valence-corrected chi connectivity index (χ1v) is 25.3. The molecule has 4 heterocycles. The number of nitrogens with zero attached hydrogens (tertiary/aromatic N) is 3. The molecule has 2 N–H and O–H groups in total. The molecule has 2 aliphatic heterocycles. The molecule has 4 aromatic rings. The quantitative estimate of drug-likeness (QED) is 0.0786. The summed E-state index contributed by atoms with van der Waals surface area (Å²) in [5.41, 5.74) is 0.882. The molecule has 348 valence electrons. The molecule has 65 heavy (non-hydrogen) atoms. The molecule has 6 atom stereocenters. The van der Waals surface area contributed by atoms with Crippen molar-refractivity contribution in [2.24, 2.45) is 11.8 Å².